The van der Waals surface area contributed by atoms with Crippen molar-refractivity contribution in [2.75, 3.05) is 5.75 Å². The van der Waals surface area contributed by atoms with E-state index in [2.05, 4.69) is 29.9 Å². The molecule has 3 heteroatoms. The van der Waals surface area contributed by atoms with Crippen LogP contribution >= 0.6 is 11.8 Å². The molecule has 0 aromatic carbocycles. The maximum Gasteiger partial charge on any atom is 0.137 e. The van der Waals surface area contributed by atoms with Gasteiger partial charge in [-0.25, -0.2) is 4.98 Å². The Balaban J connectivity index is 2.18. The number of pyridine rings is 1. The number of nitrogens with one attached hydrogen (secondary N) is 1. The van der Waals surface area contributed by atoms with E-state index in [0.717, 1.165) is 5.65 Å². The maximum atomic E-state index is 4.40. The van der Waals surface area contributed by atoms with Gasteiger partial charge >= 0.3 is 0 Å². The van der Waals surface area contributed by atoms with Crippen LogP contribution in [0.1, 0.15) is 25.3 Å². The quantitative estimate of drug-likeness (QED) is 0.627. The van der Waals surface area contributed by atoms with Crippen LogP contribution in [0.4, 0.5) is 0 Å². The summed E-state index contributed by atoms with van der Waals surface area (Å²) in [6, 6.07) is 2.23. The summed E-state index contributed by atoms with van der Waals surface area (Å²) in [7, 11) is 0. The number of aryl methyl sites for hydroxylation is 1. The number of hydrogen-bond donors (Lipinski definition) is 1. The van der Waals surface area contributed by atoms with Gasteiger partial charge in [-0.2, -0.15) is 0 Å². The molecule has 0 atom stereocenters. The summed E-state index contributed by atoms with van der Waals surface area (Å²) in [4.78, 5) is 8.84. The van der Waals surface area contributed by atoms with Gasteiger partial charge < -0.3 is 4.98 Å². The summed E-state index contributed by atoms with van der Waals surface area (Å²) in [5, 5.41) is 1.25. The van der Waals surface area contributed by atoms with Gasteiger partial charge in [-0.1, -0.05) is 13.3 Å². The Kier molecular flexibility index (Phi) is 3.31. The van der Waals surface area contributed by atoms with E-state index in [4.69, 9.17) is 0 Å². The number of hydrogen-bond acceptors (Lipinski definition) is 2. The number of aromatic nitrogens is 2. The van der Waals surface area contributed by atoms with Crippen molar-refractivity contribution < 1.29 is 0 Å². The first kappa shape index (κ1) is 10.6. The van der Waals surface area contributed by atoms with Gasteiger partial charge in [0, 0.05) is 22.7 Å². The van der Waals surface area contributed by atoms with Crippen LogP contribution in [-0.4, -0.2) is 15.7 Å². The Morgan fingerprint density at radius 2 is 2.33 bits per heavy atom. The molecule has 2 aromatic heterocycles. The van der Waals surface area contributed by atoms with Crippen LogP contribution in [0, 0.1) is 6.92 Å². The van der Waals surface area contributed by atoms with Crippen molar-refractivity contribution in [3.63, 3.8) is 0 Å². The Bertz CT molecular complexity index is 448. The summed E-state index contributed by atoms with van der Waals surface area (Å²) in [5.41, 5.74) is 2.27. The van der Waals surface area contributed by atoms with Crippen LogP contribution in [0.15, 0.2) is 23.4 Å². The van der Waals surface area contributed by atoms with Crippen LogP contribution in [-0.2, 0) is 0 Å². The van der Waals surface area contributed by atoms with Crippen molar-refractivity contribution >= 4 is 22.8 Å². The number of fused-ring (bicyclic) bond motifs is 1. The monoisotopic (exact) mass is 220 g/mol. The van der Waals surface area contributed by atoms with Gasteiger partial charge in [0.05, 0.1) is 0 Å². The van der Waals surface area contributed by atoms with Crippen molar-refractivity contribution in [2.45, 2.75) is 31.6 Å². The highest BCUT2D eigenvalue weighted by molar-refractivity contribution is 7.99. The second-order valence-electron chi connectivity index (χ2n) is 3.74. The van der Waals surface area contributed by atoms with E-state index in [1.165, 1.54) is 34.4 Å². The number of aromatic amines is 1. The molecule has 0 aliphatic rings. The molecular formula is C12H16N2S. The summed E-state index contributed by atoms with van der Waals surface area (Å²) in [6.45, 7) is 4.33. The first-order chi connectivity index (χ1) is 7.31. The standard InChI is InChI=1S/C12H16N2S/c1-3-4-5-15-10-6-11-9(2)7-13-12(11)14-8-10/h6-8H,3-5H2,1-2H3,(H,13,14). The minimum Gasteiger partial charge on any atom is -0.346 e. The lowest BCUT2D eigenvalue weighted by Crippen LogP contribution is -1.82. The molecule has 2 rings (SSSR count). The van der Waals surface area contributed by atoms with Gasteiger partial charge in [0.15, 0.2) is 0 Å². The zero-order chi connectivity index (χ0) is 10.7. The largest absolute Gasteiger partial charge is 0.346 e. The lowest BCUT2D eigenvalue weighted by molar-refractivity contribution is 0.896. The molecule has 0 radical (unpaired) electrons. The zero-order valence-corrected chi connectivity index (χ0v) is 10.0. The normalized spacial score (nSPS) is 11.1. The fourth-order valence-corrected chi connectivity index (χ4v) is 2.53. The number of nitrogens with zero attached hydrogens (tertiary/aromatic N) is 1. The molecule has 0 amide bonds. The average molecular weight is 220 g/mol. The molecule has 0 aliphatic heterocycles. The SMILES string of the molecule is CCCCSc1cnc2[nH]cc(C)c2c1. The van der Waals surface area contributed by atoms with Gasteiger partial charge in [-0.15, -0.1) is 11.8 Å². The predicted molar refractivity (Wildman–Crippen MR) is 66.5 cm³/mol. The smallest absolute Gasteiger partial charge is 0.137 e. The zero-order valence-electron chi connectivity index (χ0n) is 9.21. The third kappa shape index (κ3) is 2.34. The highest BCUT2D eigenvalue weighted by Crippen LogP contribution is 2.24. The fourth-order valence-electron chi connectivity index (χ4n) is 1.53. The topological polar surface area (TPSA) is 28.7 Å². The van der Waals surface area contributed by atoms with Gasteiger partial charge in [0.2, 0.25) is 0 Å². The van der Waals surface area contributed by atoms with E-state index in [-0.39, 0.29) is 0 Å². The molecule has 0 spiro atoms. The minimum atomic E-state index is 0.993. The molecule has 0 bridgehead atoms. The fraction of sp³-hybridized carbons (Fsp3) is 0.417. The number of rotatable bonds is 4. The highest BCUT2D eigenvalue weighted by atomic mass is 32.2. The van der Waals surface area contributed by atoms with Gasteiger partial charge in [0.1, 0.15) is 5.65 Å². The van der Waals surface area contributed by atoms with Crippen molar-refractivity contribution in [3.05, 3.63) is 24.0 Å². The first-order valence-electron chi connectivity index (χ1n) is 5.38. The van der Waals surface area contributed by atoms with Crippen molar-refractivity contribution in [1.29, 1.82) is 0 Å². The number of H-pyrrole nitrogens is 1. The molecule has 0 saturated carbocycles. The lowest BCUT2D eigenvalue weighted by atomic mass is 10.2. The van der Waals surface area contributed by atoms with Crippen molar-refractivity contribution in [2.24, 2.45) is 0 Å². The number of thioether (sulfide) groups is 1. The molecule has 2 heterocycles. The van der Waals surface area contributed by atoms with Crippen LogP contribution in [0.3, 0.4) is 0 Å². The highest BCUT2D eigenvalue weighted by Gasteiger charge is 2.02. The van der Waals surface area contributed by atoms with E-state index in [1.807, 2.05) is 24.2 Å². The van der Waals surface area contributed by atoms with Gasteiger partial charge in [0.25, 0.3) is 0 Å². The second kappa shape index (κ2) is 4.71. The number of unbranched alkanes of at least 4 members (excludes halogenated alkanes) is 1. The third-order valence-corrected chi connectivity index (χ3v) is 3.53. The molecule has 2 aromatic rings. The van der Waals surface area contributed by atoms with Crippen LogP contribution in [0.25, 0.3) is 11.0 Å². The van der Waals surface area contributed by atoms with Crippen LogP contribution in [0.2, 0.25) is 0 Å². The Labute approximate surface area is 94.5 Å². The van der Waals surface area contributed by atoms with E-state index >= 15 is 0 Å². The molecule has 0 aliphatic carbocycles. The molecule has 80 valence electrons. The molecule has 15 heavy (non-hydrogen) atoms. The van der Waals surface area contributed by atoms with Crippen LogP contribution in [0.5, 0.6) is 0 Å². The lowest BCUT2D eigenvalue weighted by Gasteiger charge is -2.00. The summed E-state index contributed by atoms with van der Waals surface area (Å²) in [6.07, 6.45) is 6.50. The third-order valence-electron chi connectivity index (χ3n) is 2.48. The van der Waals surface area contributed by atoms with Crippen molar-refractivity contribution in [3.8, 4) is 0 Å². The van der Waals surface area contributed by atoms with Crippen LogP contribution < -0.4 is 0 Å². The van der Waals surface area contributed by atoms with Gasteiger partial charge in [-0.3, -0.25) is 0 Å². The Morgan fingerprint density at radius 3 is 3.13 bits per heavy atom. The Hall–Kier alpha value is -0.960. The summed E-state index contributed by atoms with van der Waals surface area (Å²) >= 11 is 1.90. The average Bonchev–Trinajstić information content (AvgIpc) is 2.61. The minimum absolute atomic E-state index is 0.993. The molecule has 0 saturated heterocycles. The first-order valence-corrected chi connectivity index (χ1v) is 6.36. The summed E-state index contributed by atoms with van der Waals surface area (Å²) < 4.78 is 0. The van der Waals surface area contributed by atoms with E-state index in [1.54, 1.807) is 0 Å². The van der Waals surface area contributed by atoms with E-state index in [0.29, 0.717) is 0 Å². The molecule has 1 N–H and O–H groups in total. The second-order valence-corrected chi connectivity index (χ2v) is 4.91. The van der Waals surface area contributed by atoms with Gasteiger partial charge in [-0.05, 0) is 30.7 Å². The Morgan fingerprint density at radius 1 is 1.47 bits per heavy atom. The van der Waals surface area contributed by atoms with Crippen molar-refractivity contribution in [1.82, 2.24) is 9.97 Å². The molecular weight excluding hydrogens is 204 g/mol. The van der Waals surface area contributed by atoms with E-state index < -0.39 is 0 Å². The predicted octanol–water partition coefficient (Wildman–Crippen LogP) is 3.76. The molecule has 2 nitrogen and oxygen atoms in total. The maximum absolute atomic E-state index is 4.40. The molecule has 0 unspecified atom stereocenters. The van der Waals surface area contributed by atoms with E-state index in [9.17, 15) is 0 Å². The molecule has 0 fully saturated rings. The summed E-state index contributed by atoms with van der Waals surface area (Å²) in [5.74, 6) is 1.19.